The van der Waals surface area contributed by atoms with Crippen LogP contribution in [-0.2, 0) is 0 Å². The monoisotopic (exact) mass is 340 g/mol. The quantitative estimate of drug-likeness (QED) is 0.717. The number of benzene rings is 2. The second-order valence-corrected chi connectivity index (χ2v) is 6.36. The summed E-state index contributed by atoms with van der Waals surface area (Å²) in [6.07, 6.45) is 1.88. The Balaban J connectivity index is 1.55. The molecule has 0 spiro atoms. The van der Waals surface area contributed by atoms with Gasteiger partial charge in [0.05, 0.1) is 17.1 Å². The van der Waals surface area contributed by atoms with Crippen LogP contribution in [0.2, 0.25) is 5.02 Å². The minimum Gasteiger partial charge on any atom is -0.340 e. The van der Waals surface area contributed by atoms with Crippen molar-refractivity contribution in [3.8, 4) is 0 Å². The maximum atomic E-state index is 12.6. The number of amides is 2. The molecule has 2 aromatic carbocycles. The molecular weight excluding hydrogens is 324 g/mol. The molecule has 1 aliphatic rings. The van der Waals surface area contributed by atoms with Gasteiger partial charge in [-0.05, 0) is 49.2 Å². The smallest absolute Gasteiger partial charge is 0.322 e. The summed E-state index contributed by atoms with van der Waals surface area (Å²) in [5.41, 5.74) is 2.66. The Morgan fingerprint density at radius 1 is 1.21 bits per heavy atom. The van der Waals surface area contributed by atoms with Crippen LogP contribution in [0.3, 0.4) is 0 Å². The van der Waals surface area contributed by atoms with Gasteiger partial charge in [0.1, 0.15) is 5.82 Å². The number of hydrogen-bond donors (Lipinski definition) is 2. The van der Waals surface area contributed by atoms with Gasteiger partial charge in [0.15, 0.2) is 0 Å². The number of halogens is 1. The van der Waals surface area contributed by atoms with Gasteiger partial charge in [0.2, 0.25) is 0 Å². The molecule has 24 heavy (non-hydrogen) atoms. The zero-order valence-corrected chi connectivity index (χ0v) is 13.8. The van der Waals surface area contributed by atoms with Crippen molar-refractivity contribution in [1.29, 1.82) is 0 Å². The molecule has 2 amide bonds. The number of fused-ring (bicyclic) bond motifs is 1. The van der Waals surface area contributed by atoms with Crippen molar-refractivity contribution >= 4 is 34.4 Å². The first-order valence-corrected chi connectivity index (χ1v) is 8.36. The molecule has 1 aromatic heterocycles. The fourth-order valence-electron chi connectivity index (χ4n) is 3.15. The van der Waals surface area contributed by atoms with Crippen molar-refractivity contribution in [1.82, 2.24) is 14.9 Å². The van der Waals surface area contributed by atoms with Gasteiger partial charge in [-0.3, -0.25) is 0 Å². The molecule has 1 atom stereocenters. The molecule has 3 aromatic rings. The second kappa shape index (κ2) is 6.17. The Morgan fingerprint density at radius 2 is 2.00 bits per heavy atom. The first kappa shape index (κ1) is 15.0. The van der Waals surface area contributed by atoms with Gasteiger partial charge in [-0.2, -0.15) is 0 Å². The number of nitrogens with one attached hydrogen (secondary N) is 2. The fraction of sp³-hybridized carbons (Fsp3) is 0.222. The Hall–Kier alpha value is -2.53. The topological polar surface area (TPSA) is 61.0 Å². The van der Waals surface area contributed by atoms with Gasteiger partial charge in [0, 0.05) is 17.3 Å². The third kappa shape index (κ3) is 2.83. The number of imidazole rings is 1. The molecule has 4 rings (SSSR count). The van der Waals surface area contributed by atoms with Crippen LogP contribution in [0.1, 0.15) is 24.7 Å². The summed E-state index contributed by atoms with van der Waals surface area (Å²) in [5.74, 6) is 0.847. The first-order chi connectivity index (χ1) is 11.7. The average molecular weight is 341 g/mol. The summed E-state index contributed by atoms with van der Waals surface area (Å²) in [6.45, 7) is 0.723. The summed E-state index contributed by atoms with van der Waals surface area (Å²) < 4.78 is 0. The highest BCUT2D eigenvalue weighted by atomic mass is 35.5. The molecule has 0 unspecified atom stereocenters. The predicted molar refractivity (Wildman–Crippen MR) is 95.2 cm³/mol. The molecule has 6 heteroatoms. The minimum atomic E-state index is -0.111. The summed E-state index contributed by atoms with van der Waals surface area (Å²) in [5, 5.41) is 3.58. The number of aromatic nitrogens is 2. The van der Waals surface area contributed by atoms with Crippen molar-refractivity contribution in [2.24, 2.45) is 0 Å². The number of aromatic amines is 1. The number of carbonyl (C=O) groups excluding carboxylic acids is 1. The summed E-state index contributed by atoms with van der Waals surface area (Å²) in [6, 6.07) is 14.9. The van der Waals surface area contributed by atoms with Crippen LogP contribution in [0.5, 0.6) is 0 Å². The Morgan fingerprint density at radius 3 is 2.79 bits per heavy atom. The SMILES string of the molecule is O=C(Nc1ccc(Cl)cc1)N1CCC[C@H]1c1nc2ccccc2[nH]1. The van der Waals surface area contributed by atoms with E-state index in [1.165, 1.54) is 0 Å². The van der Waals surface area contributed by atoms with Crippen molar-refractivity contribution < 1.29 is 4.79 Å². The molecule has 0 radical (unpaired) electrons. The average Bonchev–Trinajstić information content (AvgIpc) is 3.23. The van der Waals surface area contributed by atoms with Crippen LogP contribution in [0.15, 0.2) is 48.5 Å². The molecule has 5 nitrogen and oxygen atoms in total. The van der Waals surface area contributed by atoms with E-state index in [-0.39, 0.29) is 12.1 Å². The zero-order chi connectivity index (χ0) is 16.5. The summed E-state index contributed by atoms with van der Waals surface area (Å²) in [4.78, 5) is 22.5. The molecule has 1 saturated heterocycles. The lowest BCUT2D eigenvalue weighted by Crippen LogP contribution is -2.34. The minimum absolute atomic E-state index is 0.0234. The maximum Gasteiger partial charge on any atom is 0.322 e. The van der Waals surface area contributed by atoms with Gasteiger partial charge in [-0.1, -0.05) is 23.7 Å². The van der Waals surface area contributed by atoms with Gasteiger partial charge in [-0.15, -0.1) is 0 Å². The Kier molecular flexibility index (Phi) is 3.86. The first-order valence-electron chi connectivity index (χ1n) is 7.98. The number of para-hydroxylation sites is 2. The summed E-state index contributed by atoms with van der Waals surface area (Å²) in [7, 11) is 0. The number of H-pyrrole nitrogens is 1. The lowest BCUT2D eigenvalue weighted by atomic mass is 10.2. The molecule has 2 heterocycles. The highest BCUT2D eigenvalue weighted by Crippen LogP contribution is 2.32. The highest BCUT2D eigenvalue weighted by molar-refractivity contribution is 6.30. The van der Waals surface area contributed by atoms with E-state index in [1.54, 1.807) is 24.3 Å². The van der Waals surface area contributed by atoms with Gasteiger partial charge in [0.25, 0.3) is 0 Å². The molecule has 1 aliphatic heterocycles. The number of nitrogens with zero attached hydrogens (tertiary/aromatic N) is 2. The van der Waals surface area contributed by atoms with E-state index in [1.807, 2.05) is 29.2 Å². The van der Waals surface area contributed by atoms with Gasteiger partial charge < -0.3 is 15.2 Å². The van der Waals surface area contributed by atoms with E-state index in [4.69, 9.17) is 11.6 Å². The van der Waals surface area contributed by atoms with Crippen molar-refractivity contribution in [2.75, 3.05) is 11.9 Å². The molecule has 1 fully saturated rings. The molecule has 0 saturated carbocycles. The van der Waals surface area contributed by atoms with Crippen molar-refractivity contribution in [3.63, 3.8) is 0 Å². The lowest BCUT2D eigenvalue weighted by Gasteiger charge is -2.23. The van der Waals surface area contributed by atoms with E-state index in [0.717, 1.165) is 41.9 Å². The van der Waals surface area contributed by atoms with Gasteiger partial charge >= 0.3 is 6.03 Å². The predicted octanol–water partition coefficient (Wildman–Crippen LogP) is 4.59. The molecule has 122 valence electrons. The van der Waals surface area contributed by atoms with E-state index in [0.29, 0.717) is 5.02 Å². The molecule has 0 aliphatic carbocycles. The third-order valence-corrected chi connectivity index (χ3v) is 4.58. The third-order valence-electron chi connectivity index (χ3n) is 4.33. The largest absolute Gasteiger partial charge is 0.340 e. The normalized spacial score (nSPS) is 17.4. The lowest BCUT2D eigenvalue weighted by molar-refractivity contribution is 0.205. The van der Waals surface area contributed by atoms with Crippen LogP contribution in [0, 0.1) is 0 Å². The van der Waals surface area contributed by atoms with E-state index in [2.05, 4.69) is 15.3 Å². The Bertz CT molecular complexity index is 841. The van der Waals surface area contributed by atoms with Crippen molar-refractivity contribution in [3.05, 3.63) is 59.4 Å². The zero-order valence-electron chi connectivity index (χ0n) is 13.0. The molecule has 0 bridgehead atoms. The fourth-order valence-corrected chi connectivity index (χ4v) is 3.28. The van der Waals surface area contributed by atoms with Crippen LogP contribution < -0.4 is 5.32 Å². The number of likely N-dealkylation sites (tertiary alicyclic amines) is 1. The maximum absolute atomic E-state index is 12.6. The molecular formula is C18H17ClN4O. The van der Waals surface area contributed by atoms with Crippen LogP contribution >= 0.6 is 11.6 Å². The number of carbonyl (C=O) groups is 1. The van der Waals surface area contributed by atoms with Crippen LogP contribution in [0.25, 0.3) is 11.0 Å². The van der Waals surface area contributed by atoms with E-state index >= 15 is 0 Å². The van der Waals surface area contributed by atoms with Crippen molar-refractivity contribution in [2.45, 2.75) is 18.9 Å². The second-order valence-electron chi connectivity index (χ2n) is 5.93. The number of urea groups is 1. The highest BCUT2D eigenvalue weighted by Gasteiger charge is 2.32. The standard InChI is InChI=1S/C18H17ClN4O/c19-12-7-9-13(10-8-12)20-18(24)23-11-3-6-16(23)17-21-14-4-1-2-5-15(14)22-17/h1-2,4-5,7-10,16H,3,6,11H2,(H,20,24)(H,21,22)/t16-/m0/s1. The van der Waals surface area contributed by atoms with E-state index < -0.39 is 0 Å². The van der Waals surface area contributed by atoms with Gasteiger partial charge in [-0.25, -0.2) is 9.78 Å². The number of hydrogen-bond acceptors (Lipinski definition) is 2. The Labute approximate surface area is 144 Å². The van der Waals surface area contributed by atoms with E-state index in [9.17, 15) is 4.79 Å². The summed E-state index contributed by atoms with van der Waals surface area (Å²) >= 11 is 5.88. The van der Waals surface area contributed by atoms with Crippen LogP contribution in [0.4, 0.5) is 10.5 Å². The van der Waals surface area contributed by atoms with Crippen LogP contribution in [-0.4, -0.2) is 27.4 Å². The molecule has 2 N–H and O–H groups in total. The number of anilines is 1. The number of rotatable bonds is 2.